The molecule has 0 radical (unpaired) electrons. The molecule has 2 aromatic carbocycles. The van der Waals surface area contributed by atoms with E-state index >= 15 is 0 Å². The Labute approximate surface area is 183 Å². The smallest absolute Gasteiger partial charge is 0.237 e. The number of morpholine rings is 1. The molecule has 1 fully saturated rings. The van der Waals surface area contributed by atoms with Gasteiger partial charge in [-0.05, 0) is 43.3 Å². The van der Waals surface area contributed by atoms with Crippen molar-refractivity contribution in [3.63, 3.8) is 0 Å². The summed E-state index contributed by atoms with van der Waals surface area (Å²) in [6.45, 7) is 5.15. The Morgan fingerprint density at radius 2 is 1.80 bits per heavy atom. The molecule has 7 nitrogen and oxygen atoms in total. The maximum Gasteiger partial charge on any atom is 0.237 e. The molecule has 0 aliphatic carbocycles. The first-order valence-corrected chi connectivity index (χ1v) is 11.4. The van der Waals surface area contributed by atoms with Gasteiger partial charge in [-0.15, -0.1) is 10.2 Å². The first kappa shape index (κ1) is 20.6. The van der Waals surface area contributed by atoms with Crippen molar-refractivity contribution in [2.75, 3.05) is 41.8 Å². The molecule has 9 heteroatoms. The summed E-state index contributed by atoms with van der Waals surface area (Å²) in [4.78, 5) is 14.9. The molecule has 0 bridgehead atoms. The molecule has 0 spiro atoms. The van der Waals surface area contributed by atoms with Crippen molar-refractivity contribution in [2.45, 2.75) is 16.5 Å². The number of carbonyl (C=O) groups excluding carboxylic acids is 1. The molecule has 1 saturated heterocycles. The summed E-state index contributed by atoms with van der Waals surface area (Å²) < 4.78 is 6.14. The molecule has 1 aromatic heterocycles. The van der Waals surface area contributed by atoms with Crippen LogP contribution >= 0.6 is 23.1 Å². The number of carbonyl (C=O) groups is 1. The van der Waals surface area contributed by atoms with Crippen molar-refractivity contribution in [3.8, 4) is 0 Å². The fourth-order valence-electron chi connectivity index (χ4n) is 2.98. The summed E-state index contributed by atoms with van der Waals surface area (Å²) in [6.07, 6.45) is 0. The lowest BCUT2D eigenvalue weighted by atomic mass is 10.2. The number of aromatic nitrogens is 2. The topological polar surface area (TPSA) is 79.4 Å². The highest BCUT2D eigenvalue weighted by Crippen LogP contribution is 2.31. The van der Waals surface area contributed by atoms with Gasteiger partial charge in [0.25, 0.3) is 0 Å². The SMILES string of the molecule is CC(Sc1nnc(Nc2ccccc2)s1)C(=O)Nc1ccc(N2CCOCC2)cc1. The number of para-hydroxylation sites is 1. The average Bonchev–Trinajstić information content (AvgIpc) is 3.22. The summed E-state index contributed by atoms with van der Waals surface area (Å²) in [7, 11) is 0. The first-order chi connectivity index (χ1) is 14.7. The van der Waals surface area contributed by atoms with Crippen LogP contribution in [0.15, 0.2) is 58.9 Å². The predicted molar refractivity (Wildman–Crippen MR) is 123 cm³/mol. The zero-order valence-corrected chi connectivity index (χ0v) is 18.2. The van der Waals surface area contributed by atoms with E-state index in [9.17, 15) is 4.79 Å². The molecular formula is C21H23N5O2S2. The van der Waals surface area contributed by atoms with Crippen LogP contribution in [-0.2, 0) is 9.53 Å². The number of amides is 1. The minimum Gasteiger partial charge on any atom is -0.378 e. The standard InChI is InChI=1S/C21H23N5O2S2/c1-15(29-21-25-24-20(30-21)23-16-5-3-2-4-6-16)19(27)22-17-7-9-18(10-8-17)26-11-13-28-14-12-26/h2-10,15H,11-14H2,1H3,(H,22,27)(H,23,24). The molecule has 3 aromatic rings. The molecule has 156 valence electrons. The zero-order valence-electron chi connectivity index (χ0n) is 16.6. The van der Waals surface area contributed by atoms with Crippen LogP contribution in [0.5, 0.6) is 0 Å². The monoisotopic (exact) mass is 441 g/mol. The lowest BCUT2D eigenvalue weighted by Gasteiger charge is -2.28. The molecule has 2 heterocycles. The van der Waals surface area contributed by atoms with E-state index in [0.29, 0.717) is 5.13 Å². The van der Waals surface area contributed by atoms with Gasteiger partial charge in [0.15, 0.2) is 4.34 Å². The summed E-state index contributed by atoms with van der Waals surface area (Å²) in [5.41, 5.74) is 2.88. The number of ether oxygens (including phenoxy) is 1. The second-order valence-corrected chi connectivity index (χ2v) is 9.33. The Bertz CT molecular complexity index is 959. The Morgan fingerprint density at radius 1 is 1.07 bits per heavy atom. The van der Waals surface area contributed by atoms with Crippen molar-refractivity contribution in [1.29, 1.82) is 0 Å². The molecule has 0 saturated carbocycles. The number of anilines is 4. The molecule has 4 rings (SSSR count). The van der Waals surface area contributed by atoms with Gasteiger partial charge < -0.3 is 20.3 Å². The van der Waals surface area contributed by atoms with Crippen LogP contribution < -0.4 is 15.5 Å². The third kappa shape index (κ3) is 5.50. The van der Waals surface area contributed by atoms with Crippen molar-refractivity contribution in [1.82, 2.24) is 10.2 Å². The van der Waals surface area contributed by atoms with Crippen LogP contribution in [0.2, 0.25) is 0 Å². The van der Waals surface area contributed by atoms with E-state index in [2.05, 4.69) is 25.7 Å². The van der Waals surface area contributed by atoms with E-state index in [1.54, 1.807) is 0 Å². The minimum absolute atomic E-state index is 0.0631. The number of hydrogen-bond donors (Lipinski definition) is 2. The number of nitrogens with zero attached hydrogens (tertiary/aromatic N) is 3. The molecule has 1 amide bonds. The maximum absolute atomic E-state index is 12.6. The fraction of sp³-hybridized carbons (Fsp3) is 0.286. The van der Waals surface area contributed by atoms with Crippen molar-refractivity contribution in [2.24, 2.45) is 0 Å². The fourth-order valence-corrected chi connectivity index (χ4v) is 4.89. The molecule has 1 aliphatic heterocycles. The van der Waals surface area contributed by atoms with Crippen molar-refractivity contribution >= 4 is 51.2 Å². The minimum atomic E-state index is -0.290. The van der Waals surface area contributed by atoms with Gasteiger partial charge in [-0.2, -0.15) is 0 Å². The van der Waals surface area contributed by atoms with Crippen LogP contribution in [0, 0.1) is 0 Å². The van der Waals surface area contributed by atoms with Gasteiger partial charge in [-0.3, -0.25) is 4.79 Å². The summed E-state index contributed by atoms with van der Waals surface area (Å²) in [6, 6.07) is 17.7. The van der Waals surface area contributed by atoms with Gasteiger partial charge in [-0.1, -0.05) is 41.3 Å². The third-order valence-electron chi connectivity index (χ3n) is 4.59. The Balaban J connectivity index is 1.29. The highest BCUT2D eigenvalue weighted by Gasteiger charge is 2.18. The lowest BCUT2D eigenvalue weighted by molar-refractivity contribution is -0.115. The first-order valence-electron chi connectivity index (χ1n) is 9.73. The molecule has 1 aliphatic rings. The summed E-state index contributed by atoms with van der Waals surface area (Å²) >= 11 is 2.83. The average molecular weight is 442 g/mol. The van der Waals surface area contributed by atoms with Crippen LogP contribution in [0.25, 0.3) is 0 Å². The van der Waals surface area contributed by atoms with E-state index < -0.39 is 0 Å². The van der Waals surface area contributed by atoms with E-state index in [4.69, 9.17) is 4.74 Å². The highest BCUT2D eigenvalue weighted by atomic mass is 32.2. The van der Waals surface area contributed by atoms with E-state index in [-0.39, 0.29) is 11.2 Å². The van der Waals surface area contributed by atoms with E-state index in [0.717, 1.165) is 47.7 Å². The molecule has 2 N–H and O–H groups in total. The summed E-state index contributed by atoms with van der Waals surface area (Å²) in [5.74, 6) is -0.0631. The number of rotatable bonds is 7. The molecule has 30 heavy (non-hydrogen) atoms. The van der Waals surface area contributed by atoms with Gasteiger partial charge in [0, 0.05) is 30.2 Å². The van der Waals surface area contributed by atoms with E-state index in [1.807, 2.05) is 61.5 Å². The number of hydrogen-bond acceptors (Lipinski definition) is 8. The maximum atomic E-state index is 12.6. The van der Waals surface area contributed by atoms with Crippen LogP contribution in [-0.4, -0.2) is 47.7 Å². The van der Waals surface area contributed by atoms with Crippen molar-refractivity contribution < 1.29 is 9.53 Å². The van der Waals surface area contributed by atoms with Gasteiger partial charge in [0.05, 0.1) is 18.5 Å². The second-order valence-electron chi connectivity index (χ2n) is 6.76. The zero-order chi connectivity index (χ0) is 20.8. The highest BCUT2D eigenvalue weighted by molar-refractivity contribution is 8.02. The third-order valence-corrected chi connectivity index (χ3v) is 6.61. The largest absolute Gasteiger partial charge is 0.378 e. The summed E-state index contributed by atoms with van der Waals surface area (Å²) in [5, 5.41) is 14.9. The quantitative estimate of drug-likeness (QED) is 0.531. The Morgan fingerprint density at radius 3 is 2.53 bits per heavy atom. The lowest BCUT2D eigenvalue weighted by Crippen LogP contribution is -2.36. The molecule has 1 unspecified atom stereocenters. The Kier molecular flexibility index (Phi) is 6.83. The van der Waals surface area contributed by atoms with Gasteiger partial charge in [0.2, 0.25) is 11.0 Å². The molecule has 1 atom stereocenters. The molecular weight excluding hydrogens is 418 g/mol. The predicted octanol–water partition coefficient (Wildman–Crippen LogP) is 4.24. The normalized spacial score (nSPS) is 14.9. The van der Waals surface area contributed by atoms with Gasteiger partial charge in [0.1, 0.15) is 0 Å². The van der Waals surface area contributed by atoms with Gasteiger partial charge >= 0.3 is 0 Å². The second kappa shape index (κ2) is 9.92. The van der Waals surface area contributed by atoms with Crippen LogP contribution in [0.1, 0.15) is 6.92 Å². The number of nitrogens with one attached hydrogen (secondary N) is 2. The van der Waals surface area contributed by atoms with E-state index in [1.165, 1.54) is 23.1 Å². The number of thioether (sulfide) groups is 1. The number of benzene rings is 2. The van der Waals surface area contributed by atoms with Crippen LogP contribution in [0.4, 0.5) is 22.2 Å². The van der Waals surface area contributed by atoms with Gasteiger partial charge in [-0.25, -0.2) is 0 Å². The van der Waals surface area contributed by atoms with Crippen molar-refractivity contribution in [3.05, 3.63) is 54.6 Å². The Hall–Kier alpha value is -2.62. The van der Waals surface area contributed by atoms with Crippen LogP contribution in [0.3, 0.4) is 0 Å².